The molecule has 1 aromatic carbocycles. The Bertz CT molecular complexity index is 754. The van der Waals surface area contributed by atoms with Crippen molar-refractivity contribution in [2.24, 2.45) is 0 Å². The second-order valence-electron chi connectivity index (χ2n) is 4.47. The number of rotatable bonds is 3. The molecule has 1 amide bonds. The van der Waals surface area contributed by atoms with Gasteiger partial charge >= 0.3 is 0 Å². The molecule has 0 atom stereocenters. The van der Waals surface area contributed by atoms with Gasteiger partial charge in [-0.2, -0.15) is 0 Å². The zero-order valence-corrected chi connectivity index (χ0v) is 12.2. The van der Waals surface area contributed by atoms with Crippen molar-refractivity contribution in [2.45, 2.75) is 6.92 Å². The molecule has 3 rings (SSSR count). The Labute approximate surface area is 126 Å². The van der Waals surface area contributed by atoms with Crippen molar-refractivity contribution in [3.8, 4) is 11.3 Å². The molecule has 0 radical (unpaired) electrons. The van der Waals surface area contributed by atoms with Crippen LogP contribution in [0.4, 0.5) is 5.69 Å². The molecule has 0 bridgehead atoms. The molecule has 0 aliphatic carbocycles. The number of carbonyl (C=O) groups is 1. The largest absolute Gasteiger partial charge is 0.320 e. The molecule has 3 aromatic rings. The van der Waals surface area contributed by atoms with Crippen LogP contribution >= 0.6 is 11.3 Å². The number of nitrogens with zero attached hydrogens (tertiary/aromatic N) is 2. The van der Waals surface area contributed by atoms with E-state index >= 15 is 0 Å². The van der Waals surface area contributed by atoms with E-state index in [9.17, 15) is 4.79 Å². The van der Waals surface area contributed by atoms with Gasteiger partial charge in [-0.3, -0.25) is 9.78 Å². The Morgan fingerprint density at radius 1 is 1.14 bits per heavy atom. The third-order valence-corrected chi connectivity index (χ3v) is 3.88. The molecule has 1 N–H and O–H groups in total. The molecular weight excluding hydrogens is 282 g/mol. The second-order valence-corrected chi connectivity index (χ2v) is 5.68. The first-order chi connectivity index (χ1) is 10.2. The van der Waals surface area contributed by atoms with Crippen molar-refractivity contribution in [1.82, 2.24) is 9.97 Å². The maximum absolute atomic E-state index is 12.5. The minimum Gasteiger partial charge on any atom is -0.320 e. The molecule has 0 unspecified atom stereocenters. The van der Waals surface area contributed by atoms with E-state index < -0.39 is 0 Å². The molecule has 21 heavy (non-hydrogen) atoms. The Morgan fingerprint density at radius 2 is 1.95 bits per heavy atom. The smallest absolute Gasteiger partial charge is 0.268 e. The minimum absolute atomic E-state index is 0.160. The molecular formula is C16H13N3OS. The minimum atomic E-state index is -0.160. The average molecular weight is 295 g/mol. The van der Waals surface area contributed by atoms with Gasteiger partial charge in [-0.1, -0.05) is 30.3 Å². The van der Waals surface area contributed by atoms with Gasteiger partial charge in [0.15, 0.2) is 0 Å². The first kappa shape index (κ1) is 13.5. The zero-order chi connectivity index (χ0) is 14.7. The maximum atomic E-state index is 12.5. The summed E-state index contributed by atoms with van der Waals surface area (Å²) >= 11 is 1.39. The van der Waals surface area contributed by atoms with Gasteiger partial charge in [-0.05, 0) is 19.1 Å². The highest BCUT2D eigenvalue weighted by Gasteiger charge is 2.18. The Balaban J connectivity index is 1.94. The number of thiazole rings is 1. The van der Waals surface area contributed by atoms with Gasteiger partial charge in [0.25, 0.3) is 5.91 Å². The van der Waals surface area contributed by atoms with Crippen LogP contribution in [-0.2, 0) is 0 Å². The molecule has 0 spiro atoms. The SMILES string of the molecule is Cc1nc(-c2ccccc2)c(C(=O)Nc2cccnc2)s1. The van der Waals surface area contributed by atoms with Crippen LogP contribution in [0.5, 0.6) is 0 Å². The van der Waals surface area contributed by atoms with Crippen LogP contribution in [0.15, 0.2) is 54.9 Å². The van der Waals surface area contributed by atoms with E-state index in [1.807, 2.05) is 37.3 Å². The van der Waals surface area contributed by atoms with Gasteiger partial charge in [0.05, 0.1) is 22.6 Å². The summed E-state index contributed by atoms with van der Waals surface area (Å²) in [4.78, 5) is 21.5. The lowest BCUT2D eigenvalue weighted by Gasteiger charge is -2.04. The summed E-state index contributed by atoms with van der Waals surface area (Å²) in [5.41, 5.74) is 2.34. The number of nitrogens with one attached hydrogen (secondary N) is 1. The quantitative estimate of drug-likeness (QED) is 0.800. The monoisotopic (exact) mass is 295 g/mol. The summed E-state index contributed by atoms with van der Waals surface area (Å²) in [7, 11) is 0. The van der Waals surface area contributed by atoms with Crippen molar-refractivity contribution in [3.05, 3.63) is 64.7 Å². The number of pyridine rings is 1. The highest BCUT2D eigenvalue weighted by molar-refractivity contribution is 7.14. The number of aryl methyl sites for hydroxylation is 1. The van der Waals surface area contributed by atoms with Crippen molar-refractivity contribution in [2.75, 3.05) is 5.32 Å². The zero-order valence-electron chi connectivity index (χ0n) is 11.4. The number of benzene rings is 1. The molecule has 0 aliphatic rings. The van der Waals surface area contributed by atoms with E-state index in [-0.39, 0.29) is 5.91 Å². The third-order valence-electron chi connectivity index (χ3n) is 2.91. The van der Waals surface area contributed by atoms with Crippen LogP contribution in [0.25, 0.3) is 11.3 Å². The molecule has 2 heterocycles. The van der Waals surface area contributed by atoms with E-state index in [0.29, 0.717) is 10.6 Å². The maximum Gasteiger partial charge on any atom is 0.268 e. The standard InChI is InChI=1S/C16H13N3OS/c1-11-18-14(12-6-3-2-4-7-12)15(21-11)16(20)19-13-8-5-9-17-10-13/h2-10H,1H3,(H,19,20). The van der Waals surface area contributed by atoms with Crippen molar-refractivity contribution < 1.29 is 4.79 Å². The van der Waals surface area contributed by atoms with Gasteiger partial charge in [-0.15, -0.1) is 11.3 Å². The van der Waals surface area contributed by atoms with Gasteiger partial charge < -0.3 is 5.32 Å². The predicted octanol–water partition coefficient (Wildman–Crippen LogP) is 3.77. The van der Waals surface area contributed by atoms with Gasteiger partial charge in [-0.25, -0.2) is 4.98 Å². The van der Waals surface area contributed by atoms with Crippen LogP contribution in [0.3, 0.4) is 0 Å². The highest BCUT2D eigenvalue weighted by atomic mass is 32.1. The van der Waals surface area contributed by atoms with Crippen LogP contribution in [0.1, 0.15) is 14.7 Å². The number of amides is 1. The number of aromatic nitrogens is 2. The summed E-state index contributed by atoms with van der Waals surface area (Å²) in [6.45, 7) is 1.90. The van der Waals surface area contributed by atoms with Gasteiger partial charge in [0, 0.05) is 11.8 Å². The number of carbonyl (C=O) groups excluding carboxylic acids is 1. The van der Waals surface area contributed by atoms with Crippen molar-refractivity contribution in [1.29, 1.82) is 0 Å². The molecule has 0 saturated heterocycles. The van der Waals surface area contributed by atoms with E-state index in [1.54, 1.807) is 24.5 Å². The van der Waals surface area contributed by atoms with Crippen molar-refractivity contribution in [3.63, 3.8) is 0 Å². The lowest BCUT2D eigenvalue weighted by atomic mass is 10.1. The fourth-order valence-electron chi connectivity index (χ4n) is 2.00. The number of hydrogen-bond acceptors (Lipinski definition) is 4. The first-order valence-electron chi connectivity index (χ1n) is 6.48. The molecule has 2 aromatic heterocycles. The first-order valence-corrected chi connectivity index (χ1v) is 7.30. The van der Waals surface area contributed by atoms with E-state index in [4.69, 9.17) is 0 Å². The average Bonchev–Trinajstić information content (AvgIpc) is 2.91. The fourth-order valence-corrected chi connectivity index (χ4v) is 2.83. The molecule has 0 aliphatic heterocycles. The Hall–Kier alpha value is -2.53. The Morgan fingerprint density at radius 3 is 2.67 bits per heavy atom. The summed E-state index contributed by atoms with van der Waals surface area (Å²) in [5, 5.41) is 3.72. The third kappa shape index (κ3) is 2.98. The summed E-state index contributed by atoms with van der Waals surface area (Å²) in [6.07, 6.45) is 3.29. The highest BCUT2D eigenvalue weighted by Crippen LogP contribution is 2.28. The molecule has 104 valence electrons. The lowest BCUT2D eigenvalue weighted by Crippen LogP contribution is -2.11. The molecule has 4 nitrogen and oxygen atoms in total. The van der Waals surface area contributed by atoms with Crippen LogP contribution < -0.4 is 5.32 Å². The number of anilines is 1. The lowest BCUT2D eigenvalue weighted by molar-refractivity contribution is 0.103. The molecule has 0 fully saturated rings. The summed E-state index contributed by atoms with van der Waals surface area (Å²) in [6, 6.07) is 13.3. The van der Waals surface area contributed by atoms with E-state index in [0.717, 1.165) is 16.3 Å². The fraction of sp³-hybridized carbons (Fsp3) is 0.0625. The van der Waals surface area contributed by atoms with Gasteiger partial charge in [0.2, 0.25) is 0 Å². The van der Waals surface area contributed by atoms with E-state index in [2.05, 4.69) is 15.3 Å². The van der Waals surface area contributed by atoms with Crippen molar-refractivity contribution >= 4 is 22.9 Å². The van der Waals surface area contributed by atoms with E-state index in [1.165, 1.54) is 11.3 Å². The second kappa shape index (κ2) is 5.85. The van der Waals surface area contributed by atoms with Crippen LogP contribution in [-0.4, -0.2) is 15.9 Å². The normalized spacial score (nSPS) is 10.3. The predicted molar refractivity (Wildman–Crippen MR) is 84.5 cm³/mol. The number of hydrogen-bond donors (Lipinski definition) is 1. The van der Waals surface area contributed by atoms with Gasteiger partial charge in [0.1, 0.15) is 4.88 Å². The Kier molecular flexibility index (Phi) is 3.75. The van der Waals surface area contributed by atoms with Crippen LogP contribution in [0.2, 0.25) is 0 Å². The molecule has 5 heteroatoms. The van der Waals surface area contributed by atoms with Crippen LogP contribution in [0, 0.1) is 6.92 Å². The summed E-state index contributed by atoms with van der Waals surface area (Å²) in [5.74, 6) is -0.160. The molecule has 0 saturated carbocycles. The topological polar surface area (TPSA) is 54.9 Å². The summed E-state index contributed by atoms with van der Waals surface area (Å²) < 4.78 is 0.